The summed E-state index contributed by atoms with van der Waals surface area (Å²) in [4.78, 5) is 102. The normalized spacial score (nSPS) is 12.1. The molecule has 18 nitrogen and oxygen atoms in total. The molecule has 0 aliphatic carbocycles. The number of alkyl carbamates (subject to hydrolysis) is 2. The molecular weight excluding hydrogens is 919 g/mol. The Bertz CT molecular complexity index is 2090. The highest BCUT2D eigenvalue weighted by Gasteiger charge is 2.31. The van der Waals surface area contributed by atoms with Gasteiger partial charge < -0.3 is 50.8 Å². The van der Waals surface area contributed by atoms with Crippen LogP contribution in [0, 0.1) is 0 Å². The van der Waals surface area contributed by atoms with E-state index in [-0.39, 0.29) is 86.8 Å². The molecule has 0 spiro atoms. The number of nitrogens with zero attached hydrogens (tertiary/aromatic N) is 1. The van der Waals surface area contributed by atoms with Crippen LogP contribution in [0.25, 0.3) is 0 Å². The third kappa shape index (κ3) is 19.2. The number of methoxy groups -OCH3 is 2. The number of rotatable bonds is 24. The van der Waals surface area contributed by atoms with Gasteiger partial charge in [-0.05, 0) is 79.3 Å². The molecule has 370 valence electrons. The number of unbranched alkanes of at least 4 members (excludes halogenated alkanes) is 2. The second kappa shape index (κ2) is 26.7. The standard InChI is InChI=1S/C44H50F6N6O12/c1-65-39(61)33(54-41(63)67-23-27-14-18-31(19-15-27)43(45,46)47)10-3-5-12-35(57)52-25-56(38(60)30-9-7-8-29(22-30)37(51)59)26-53-36(58)13-6-4-11-34(40(62)66-2)55-42(64)68-24-28-16-20-32(21-17-28)44(48,49)50/h7-9,14-22,33-34H,3-6,10-13,23-26H2,1-2H3,(H2,51,59)(H,52,57)(H,53,58)(H,54,63)(H,55,64)/t33-,34-/m0/s1. The molecule has 3 rings (SSSR count). The molecule has 24 heteroatoms. The van der Waals surface area contributed by atoms with Crippen molar-refractivity contribution in [3.05, 3.63) is 106 Å². The minimum absolute atomic E-state index is 0.00303. The zero-order valence-corrected chi connectivity index (χ0v) is 36.8. The Morgan fingerprint density at radius 2 is 0.985 bits per heavy atom. The number of nitrogens with one attached hydrogen (secondary N) is 4. The lowest BCUT2D eigenvalue weighted by atomic mass is 10.1. The SMILES string of the molecule is COC(=O)[C@H](CCCCC(=O)NCN(CNC(=O)CCCC[C@H](NC(=O)OCc1ccc(C(F)(F)F)cc1)C(=O)OC)C(=O)c1cccc(C(N)=O)c1)NC(=O)OCc1ccc(C(F)(F)F)cc1. The Kier molecular flexibility index (Phi) is 21.5. The first-order valence-corrected chi connectivity index (χ1v) is 20.7. The molecule has 0 unspecified atom stereocenters. The molecule has 3 aromatic rings. The van der Waals surface area contributed by atoms with Crippen LogP contribution in [0.2, 0.25) is 0 Å². The number of esters is 2. The predicted molar refractivity (Wildman–Crippen MR) is 225 cm³/mol. The number of halogens is 6. The monoisotopic (exact) mass is 968 g/mol. The number of carbonyl (C=O) groups excluding carboxylic acids is 8. The van der Waals surface area contributed by atoms with E-state index in [4.69, 9.17) is 24.7 Å². The molecule has 0 radical (unpaired) electrons. The minimum Gasteiger partial charge on any atom is -0.467 e. The Balaban J connectivity index is 1.49. The predicted octanol–water partition coefficient (Wildman–Crippen LogP) is 5.47. The van der Waals surface area contributed by atoms with Gasteiger partial charge in [0, 0.05) is 24.0 Å². The number of nitrogens with two attached hydrogens (primary N) is 1. The van der Waals surface area contributed by atoms with Gasteiger partial charge in [0.2, 0.25) is 17.7 Å². The molecule has 6 N–H and O–H groups in total. The molecule has 0 bridgehead atoms. The first kappa shape index (κ1) is 54.9. The van der Waals surface area contributed by atoms with Gasteiger partial charge >= 0.3 is 36.5 Å². The van der Waals surface area contributed by atoms with Gasteiger partial charge in [-0.1, -0.05) is 43.2 Å². The van der Waals surface area contributed by atoms with E-state index >= 15 is 0 Å². The van der Waals surface area contributed by atoms with Gasteiger partial charge in [-0.25, -0.2) is 19.2 Å². The zero-order chi connectivity index (χ0) is 50.4. The minimum atomic E-state index is -4.54. The van der Waals surface area contributed by atoms with Crippen LogP contribution in [-0.2, 0) is 63.7 Å². The van der Waals surface area contributed by atoms with Crippen molar-refractivity contribution in [2.45, 2.75) is 89.0 Å². The van der Waals surface area contributed by atoms with E-state index in [2.05, 4.69) is 21.3 Å². The molecule has 0 saturated heterocycles. The van der Waals surface area contributed by atoms with Gasteiger partial charge in [-0.3, -0.25) is 19.2 Å². The van der Waals surface area contributed by atoms with Crippen LogP contribution in [0.3, 0.4) is 0 Å². The smallest absolute Gasteiger partial charge is 0.416 e. The number of amides is 6. The summed E-state index contributed by atoms with van der Waals surface area (Å²) in [5, 5.41) is 9.78. The fraction of sp³-hybridized carbons (Fsp3) is 0.409. The first-order valence-electron chi connectivity index (χ1n) is 20.7. The third-order valence-corrected chi connectivity index (χ3v) is 9.77. The summed E-state index contributed by atoms with van der Waals surface area (Å²) in [5.74, 6) is -4.25. The molecule has 0 aromatic heterocycles. The number of benzene rings is 3. The first-order chi connectivity index (χ1) is 32.1. The molecule has 0 aliphatic rings. The highest BCUT2D eigenvalue weighted by molar-refractivity contribution is 5.99. The second-order valence-corrected chi connectivity index (χ2v) is 14.8. The maximum Gasteiger partial charge on any atom is 0.416 e. The van der Waals surface area contributed by atoms with Crippen molar-refractivity contribution in [3.63, 3.8) is 0 Å². The van der Waals surface area contributed by atoms with E-state index in [9.17, 15) is 64.7 Å². The highest BCUT2D eigenvalue weighted by atomic mass is 19.4. The molecule has 0 aliphatic heterocycles. The molecule has 0 fully saturated rings. The Morgan fingerprint density at radius 3 is 1.35 bits per heavy atom. The van der Waals surface area contributed by atoms with Crippen LogP contribution in [0.1, 0.15) is 94.3 Å². The maximum atomic E-state index is 13.5. The van der Waals surface area contributed by atoms with Gasteiger partial charge in [-0.2, -0.15) is 26.3 Å². The summed E-state index contributed by atoms with van der Waals surface area (Å²) in [5.41, 5.74) is 4.14. The van der Waals surface area contributed by atoms with Crippen molar-refractivity contribution in [1.82, 2.24) is 26.2 Å². The lowest BCUT2D eigenvalue weighted by Gasteiger charge is -2.24. The van der Waals surface area contributed by atoms with Gasteiger partial charge in [0.15, 0.2) is 0 Å². The van der Waals surface area contributed by atoms with Crippen molar-refractivity contribution in [1.29, 1.82) is 0 Å². The van der Waals surface area contributed by atoms with Crippen LogP contribution in [0.5, 0.6) is 0 Å². The van der Waals surface area contributed by atoms with Gasteiger partial charge in [0.25, 0.3) is 5.91 Å². The number of hydrogen-bond donors (Lipinski definition) is 5. The lowest BCUT2D eigenvalue weighted by Crippen LogP contribution is -2.47. The van der Waals surface area contributed by atoms with Crippen LogP contribution >= 0.6 is 0 Å². The molecule has 3 aromatic carbocycles. The highest BCUT2D eigenvalue weighted by Crippen LogP contribution is 2.30. The summed E-state index contributed by atoms with van der Waals surface area (Å²) in [6.07, 6.45) is -10.6. The second-order valence-electron chi connectivity index (χ2n) is 14.8. The summed E-state index contributed by atoms with van der Waals surface area (Å²) in [6.45, 7) is -1.62. The largest absolute Gasteiger partial charge is 0.467 e. The molecule has 68 heavy (non-hydrogen) atoms. The average Bonchev–Trinajstić information content (AvgIpc) is 3.31. The molecule has 2 atom stereocenters. The zero-order valence-electron chi connectivity index (χ0n) is 36.8. The van der Waals surface area contributed by atoms with Gasteiger partial charge in [0.05, 0.1) is 38.7 Å². The van der Waals surface area contributed by atoms with Crippen molar-refractivity contribution >= 4 is 47.8 Å². The van der Waals surface area contributed by atoms with Gasteiger partial charge in [0.1, 0.15) is 25.3 Å². The van der Waals surface area contributed by atoms with Crippen LogP contribution in [0.4, 0.5) is 35.9 Å². The maximum absolute atomic E-state index is 13.5. The van der Waals surface area contributed by atoms with E-state index in [1.165, 1.54) is 24.3 Å². The average molecular weight is 969 g/mol. The molecule has 0 heterocycles. The Labute approximate surface area is 385 Å². The van der Waals surface area contributed by atoms with Crippen LogP contribution in [0.15, 0.2) is 72.8 Å². The van der Waals surface area contributed by atoms with E-state index in [0.29, 0.717) is 0 Å². The summed E-state index contributed by atoms with van der Waals surface area (Å²) in [6, 6.07) is 10.9. The molecular formula is C44H50F6N6O12. The fourth-order valence-corrected chi connectivity index (χ4v) is 6.03. The van der Waals surface area contributed by atoms with E-state index in [1.807, 2.05) is 0 Å². The van der Waals surface area contributed by atoms with Crippen molar-refractivity contribution in [3.8, 4) is 0 Å². The van der Waals surface area contributed by atoms with E-state index in [0.717, 1.165) is 67.7 Å². The van der Waals surface area contributed by atoms with Crippen molar-refractivity contribution in [2.75, 3.05) is 27.6 Å². The number of primary amides is 1. The number of carbonyl (C=O) groups is 8. The topological polar surface area (TPSA) is 251 Å². The van der Waals surface area contributed by atoms with E-state index < -0.39 is 96.7 Å². The third-order valence-electron chi connectivity index (χ3n) is 9.77. The molecule has 0 saturated carbocycles. The van der Waals surface area contributed by atoms with Gasteiger partial charge in [-0.15, -0.1) is 0 Å². The van der Waals surface area contributed by atoms with E-state index in [1.54, 1.807) is 0 Å². The van der Waals surface area contributed by atoms with Crippen LogP contribution < -0.4 is 27.0 Å². The molecule has 6 amide bonds. The quantitative estimate of drug-likeness (QED) is 0.0247. The lowest BCUT2D eigenvalue weighted by molar-refractivity contribution is -0.144. The number of ether oxygens (including phenoxy) is 4. The summed E-state index contributed by atoms with van der Waals surface area (Å²) in [7, 11) is 2.17. The number of hydrogen-bond acceptors (Lipinski definition) is 12. The fourth-order valence-electron chi connectivity index (χ4n) is 6.03. The van der Waals surface area contributed by atoms with Crippen molar-refractivity contribution < 1.29 is 83.6 Å². The summed E-state index contributed by atoms with van der Waals surface area (Å²) >= 11 is 0. The number of alkyl halides is 6. The van der Waals surface area contributed by atoms with Crippen LogP contribution in [-0.4, -0.2) is 92.3 Å². The Hall–Kier alpha value is -7.40. The van der Waals surface area contributed by atoms with Crippen molar-refractivity contribution in [2.24, 2.45) is 5.73 Å². The Morgan fingerprint density at radius 1 is 0.588 bits per heavy atom. The summed E-state index contributed by atoms with van der Waals surface area (Å²) < 4.78 is 96.5.